The van der Waals surface area contributed by atoms with Gasteiger partial charge in [-0.1, -0.05) is 0 Å². The number of hydrogen-bond acceptors (Lipinski definition) is 3. The van der Waals surface area contributed by atoms with E-state index in [9.17, 15) is 4.79 Å². The molecule has 0 aromatic carbocycles. The molecule has 4 heteroatoms. The summed E-state index contributed by atoms with van der Waals surface area (Å²) < 4.78 is 0. The van der Waals surface area contributed by atoms with Gasteiger partial charge in [0.25, 0.3) is 0 Å². The van der Waals surface area contributed by atoms with Gasteiger partial charge in [-0.15, -0.1) is 0 Å². The Hall–Kier alpha value is -1.68. The zero-order valence-electron chi connectivity index (χ0n) is 10.6. The fourth-order valence-electron chi connectivity index (χ4n) is 1.71. The van der Waals surface area contributed by atoms with Crippen LogP contribution in [0.25, 0.3) is 11.0 Å². The zero-order valence-corrected chi connectivity index (χ0v) is 10.6. The summed E-state index contributed by atoms with van der Waals surface area (Å²) in [7, 11) is 1.97. The van der Waals surface area contributed by atoms with Crippen molar-refractivity contribution in [2.24, 2.45) is 5.92 Å². The van der Waals surface area contributed by atoms with Gasteiger partial charge < -0.3 is 15.1 Å². The molecule has 0 atom stereocenters. The van der Waals surface area contributed by atoms with Crippen LogP contribution in [0, 0.1) is 5.92 Å². The molecule has 2 aromatic heterocycles. The smallest absolute Gasteiger partial charge is 0.137 e. The lowest BCUT2D eigenvalue weighted by atomic mass is 10.1. The highest BCUT2D eigenvalue weighted by Crippen LogP contribution is 2.25. The summed E-state index contributed by atoms with van der Waals surface area (Å²) in [6.45, 7) is 1.00. The number of carbonyl (C=O) groups is 1. The van der Waals surface area contributed by atoms with Crippen LogP contribution in [0.1, 0.15) is 18.4 Å². The highest BCUT2D eigenvalue weighted by molar-refractivity contribution is 5.79. The van der Waals surface area contributed by atoms with E-state index >= 15 is 0 Å². The van der Waals surface area contributed by atoms with Gasteiger partial charge in [-0.05, 0) is 50.6 Å². The van der Waals surface area contributed by atoms with Crippen molar-refractivity contribution in [2.75, 3.05) is 13.6 Å². The molecule has 0 bridgehead atoms. The van der Waals surface area contributed by atoms with Crippen LogP contribution in [-0.2, 0) is 11.2 Å². The quantitative estimate of drug-likeness (QED) is 0.809. The third-order valence-electron chi connectivity index (χ3n) is 3.00. The molecule has 2 N–H and O–H groups in total. The summed E-state index contributed by atoms with van der Waals surface area (Å²) in [5, 5.41) is 4.37. The van der Waals surface area contributed by atoms with Gasteiger partial charge in [0.2, 0.25) is 0 Å². The fraction of sp³-hybridized carbons (Fsp3) is 0.429. The molecular formula is C14H19N3O. The first-order valence-corrected chi connectivity index (χ1v) is 6.36. The Kier molecular flexibility index (Phi) is 4.47. The molecule has 2 aromatic rings. The van der Waals surface area contributed by atoms with E-state index in [2.05, 4.69) is 21.4 Å². The summed E-state index contributed by atoms with van der Waals surface area (Å²) in [5.41, 5.74) is 2.31. The number of aromatic amines is 1. The summed E-state index contributed by atoms with van der Waals surface area (Å²) in [6, 6.07) is 4.07. The van der Waals surface area contributed by atoms with Crippen LogP contribution in [-0.4, -0.2) is 29.8 Å². The zero-order chi connectivity index (χ0) is 12.8. The van der Waals surface area contributed by atoms with Crippen molar-refractivity contribution in [2.45, 2.75) is 19.3 Å². The molecule has 96 valence electrons. The minimum Gasteiger partial charge on any atom is -0.346 e. The molecule has 2 heterocycles. The first-order valence-electron chi connectivity index (χ1n) is 6.36. The average Bonchev–Trinajstić information content (AvgIpc) is 3.18. The molecule has 1 saturated carbocycles. The second-order valence-corrected chi connectivity index (χ2v) is 4.54. The molecule has 3 rings (SSSR count). The molecule has 4 nitrogen and oxygen atoms in total. The largest absolute Gasteiger partial charge is 0.346 e. The lowest BCUT2D eigenvalue weighted by Gasteiger charge is -1.96. The maximum absolute atomic E-state index is 9.57. The number of aldehydes is 1. The maximum Gasteiger partial charge on any atom is 0.137 e. The molecule has 0 unspecified atom stereocenters. The predicted molar refractivity (Wildman–Crippen MR) is 72.5 cm³/mol. The summed E-state index contributed by atoms with van der Waals surface area (Å²) in [6.07, 6.45) is 8.20. The molecule has 0 radical (unpaired) electrons. The topological polar surface area (TPSA) is 57.8 Å². The van der Waals surface area contributed by atoms with Crippen molar-refractivity contribution in [3.05, 3.63) is 30.1 Å². The van der Waals surface area contributed by atoms with Gasteiger partial charge in [-0.3, -0.25) is 0 Å². The van der Waals surface area contributed by atoms with E-state index in [0.717, 1.165) is 37.7 Å². The molecular weight excluding hydrogens is 226 g/mol. The monoisotopic (exact) mass is 245 g/mol. The number of H-pyrrole nitrogens is 1. The Balaban J connectivity index is 0.000000202. The molecule has 1 fully saturated rings. The minimum atomic E-state index is 0.454. The number of rotatable bonds is 4. The first kappa shape index (κ1) is 12.8. The van der Waals surface area contributed by atoms with Crippen LogP contribution >= 0.6 is 0 Å². The molecule has 1 aliphatic rings. The van der Waals surface area contributed by atoms with Crippen molar-refractivity contribution in [1.29, 1.82) is 0 Å². The van der Waals surface area contributed by atoms with Crippen molar-refractivity contribution in [1.82, 2.24) is 15.3 Å². The Morgan fingerprint density at radius 2 is 2.39 bits per heavy atom. The Labute approximate surface area is 107 Å². The SMILES string of the molecule is CNCCc1c[nH]c2ncccc12.O=CC1CC1. The molecule has 0 aliphatic heterocycles. The maximum atomic E-state index is 9.57. The van der Waals surface area contributed by atoms with E-state index in [1.165, 1.54) is 10.9 Å². The predicted octanol–water partition coefficient (Wildman–Crippen LogP) is 1.92. The molecule has 18 heavy (non-hydrogen) atoms. The van der Waals surface area contributed by atoms with E-state index < -0.39 is 0 Å². The normalized spacial score (nSPS) is 14.1. The third kappa shape index (κ3) is 3.40. The van der Waals surface area contributed by atoms with Crippen LogP contribution in [0.2, 0.25) is 0 Å². The number of likely N-dealkylation sites (N-methyl/N-ethyl adjacent to an activating group) is 1. The van der Waals surface area contributed by atoms with Crippen LogP contribution in [0.4, 0.5) is 0 Å². The number of nitrogens with one attached hydrogen (secondary N) is 2. The highest BCUT2D eigenvalue weighted by Gasteiger charge is 2.18. The van der Waals surface area contributed by atoms with Gasteiger partial charge in [-0.2, -0.15) is 0 Å². The first-order chi connectivity index (χ1) is 8.85. The molecule has 0 amide bonds. The number of aromatic nitrogens is 2. The standard InChI is InChI=1S/C10H13N3.C4H6O/c1-11-6-4-8-7-13-10-9(8)3-2-5-12-10;5-3-4-1-2-4/h2-3,5,7,11H,4,6H2,1H3,(H,12,13);3-4H,1-2H2. The fourth-order valence-corrected chi connectivity index (χ4v) is 1.71. The van der Waals surface area contributed by atoms with Gasteiger partial charge in [0.05, 0.1) is 0 Å². The number of pyridine rings is 1. The molecule has 1 aliphatic carbocycles. The van der Waals surface area contributed by atoms with Crippen LogP contribution in [0.5, 0.6) is 0 Å². The van der Waals surface area contributed by atoms with Gasteiger partial charge >= 0.3 is 0 Å². The summed E-state index contributed by atoms with van der Waals surface area (Å²) in [5.74, 6) is 0.454. The van der Waals surface area contributed by atoms with Gasteiger partial charge in [0, 0.05) is 23.7 Å². The third-order valence-corrected chi connectivity index (χ3v) is 3.00. The minimum absolute atomic E-state index is 0.454. The van der Waals surface area contributed by atoms with E-state index in [-0.39, 0.29) is 0 Å². The van der Waals surface area contributed by atoms with Gasteiger partial charge in [-0.25, -0.2) is 4.98 Å². The molecule has 0 saturated heterocycles. The second kappa shape index (κ2) is 6.31. The number of fused-ring (bicyclic) bond motifs is 1. The van der Waals surface area contributed by atoms with Gasteiger partial charge in [0.15, 0.2) is 0 Å². The number of carbonyl (C=O) groups excluding carboxylic acids is 1. The average molecular weight is 245 g/mol. The number of nitrogens with zero attached hydrogens (tertiary/aromatic N) is 1. The van der Waals surface area contributed by atoms with E-state index in [1.807, 2.05) is 19.3 Å². The Bertz CT molecular complexity index is 502. The van der Waals surface area contributed by atoms with Gasteiger partial charge in [0.1, 0.15) is 11.9 Å². The van der Waals surface area contributed by atoms with Crippen molar-refractivity contribution >= 4 is 17.3 Å². The lowest BCUT2D eigenvalue weighted by Crippen LogP contribution is -2.09. The van der Waals surface area contributed by atoms with Crippen LogP contribution < -0.4 is 5.32 Å². The number of hydrogen-bond donors (Lipinski definition) is 2. The summed E-state index contributed by atoms with van der Waals surface area (Å²) in [4.78, 5) is 17.0. The van der Waals surface area contributed by atoms with Crippen molar-refractivity contribution in [3.63, 3.8) is 0 Å². The highest BCUT2D eigenvalue weighted by atomic mass is 16.1. The van der Waals surface area contributed by atoms with E-state index in [1.54, 1.807) is 6.20 Å². The Morgan fingerprint density at radius 1 is 1.56 bits per heavy atom. The van der Waals surface area contributed by atoms with Crippen molar-refractivity contribution in [3.8, 4) is 0 Å². The van der Waals surface area contributed by atoms with Crippen LogP contribution in [0.3, 0.4) is 0 Å². The second-order valence-electron chi connectivity index (χ2n) is 4.54. The lowest BCUT2D eigenvalue weighted by molar-refractivity contribution is -0.108. The van der Waals surface area contributed by atoms with E-state index in [4.69, 9.17) is 0 Å². The molecule has 0 spiro atoms. The van der Waals surface area contributed by atoms with Crippen molar-refractivity contribution < 1.29 is 4.79 Å². The van der Waals surface area contributed by atoms with Crippen LogP contribution in [0.15, 0.2) is 24.5 Å². The van der Waals surface area contributed by atoms with E-state index in [0.29, 0.717) is 5.92 Å². The summed E-state index contributed by atoms with van der Waals surface area (Å²) >= 11 is 0. The Morgan fingerprint density at radius 3 is 3.00 bits per heavy atom.